The maximum Gasteiger partial charge on any atom is 0.148 e. The summed E-state index contributed by atoms with van der Waals surface area (Å²) >= 11 is 1.72. The zero-order valence-corrected chi connectivity index (χ0v) is 12.0. The molecule has 4 N–H and O–H groups in total. The topological polar surface area (TPSA) is 75.9 Å². The standard InChI is InChI=1S/C13H19N5S/c1-3-4-11-12(16-8-17-13(11)18-14)15-5-10-7-19-6-9(10)2/h6-8H,3-5,14H2,1-2H3,(H2,15,16,17,18). The van der Waals surface area contributed by atoms with Gasteiger partial charge in [-0.15, -0.1) is 0 Å². The third-order valence-corrected chi connectivity index (χ3v) is 3.90. The summed E-state index contributed by atoms with van der Waals surface area (Å²) in [5.74, 6) is 7.05. The Balaban J connectivity index is 2.17. The van der Waals surface area contributed by atoms with E-state index in [-0.39, 0.29) is 0 Å². The monoisotopic (exact) mass is 277 g/mol. The van der Waals surface area contributed by atoms with Crippen molar-refractivity contribution in [1.82, 2.24) is 9.97 Å². The Kier molecular flexibility index (Phi) is 4.70. The fraction of sp³-hybridized carbons (Fsp3) is 0.385. The predicted octanol–water partition coefficient (Wildman–Crippen LogP) is 2.70. The van der Waals surface area contributed by atoms with Crippen LogP contribution in [0.1, 0.15) is 30.0 Å². The summed E-state index contributed by atoms with van der Waals surface area (Å²) < 4.78 is 0. The average molecular weight is 277 g/mol. The van der Waals surface area contributed by atoms with Crippen molar-refractivity contribution in [2.75, 3.05) is 10.7 Å². The van der Waals surface area contributed by atoms with Crippen LogP contribution in [0, 0.1) is 6.92 Å². The van der Waals surface area contributed by atoms with Crippen molar-refractivity contribution in [1.29, 1.82) is 0 Å². The minimum Gasteiger partial charge on any atom is -0.366 e. The lowest BCUT2D eigenvalue weighted by atomic mass is 10.1. The van der Waals surface area contributed by atoms with Gasteiger partial charge < -0.3 is 10.7 Å². The molecular formula is C13H19N5S. The SMILES string of the molecule is CCCc1c(NN)ncnc1NCc1cscc1C. The highest BCUT2D eigenvalue weighted by Crippen LogP contribution is 2.22. The van der Waals surface area contributed by atoms with E-state index in [9.17, 15) is 0 Å². The summed E-state index contributed by atoms with van der Waals surface area (Å²) in [5.41, 5.74) is 6.28. The Morgan fingerprint density at radius 3 is 2.68 bits per heavy atom. The molecule has 0 aliphatic carbocycles. The summed E-state index contributed by atoms with van der Waals surface area (Å²) in [4.78, 5) is 8.47. The van der Waals surface area contributed by atoms with Gasteiger partial charge in [0.05, 0.1) is 0 Å². The van der Waals surface area contributed by atoms with Gasteiger partial charge >= 0.3 is 0 Å². The molecule has 0 aromatic carbocycles. The van der Waals surface area contributed by atoms with Crippen LogP contribution in [0.5, 0.6) is 0 Å². The van der Waals surface area contributed by atoms with Crippen LogP contribution in [-0.2, 0) is 13.0 Å². The Labute approximate surface area is 117 Å². The first kappa shape index (κ1) is 13.8. The number of hydrogen-bond acceptors (Lipinski definition) is 6. The molecule has 0 aliphatic heterocycles. The quantitative estimate of drug-likeness (QED) is 0.559. The van der Waals surface area contributed by atoms with E-state index < -0.39 is 0 Å². The van der Waals surface area contributed by atoms with E-state index in [1.54, 1.807) is 11.3 Å². The van der Waals surface area contributed by atoms with Gasteiger partial charge in [0, 0.05) is 12.1 Å². The molecule has 0 spiro atoms. The maximum atomic E-state index is 5.50. The fourth-order valence-corrected chi connectivity index (χ4v) is 2.78. The van der Waals surface area contributed by atoms with Crippen molar-refractivity contribution in [3.05, 3.63) is 33.8 Å². The van der Waals surface area contributed by atoms with Crippen molar-refractivity contribution in [2.45, 2.75) is 33.2 Å². The Morgan fingerprint density at radius 2 is 2.05 bits per heavy atom. The molecule has 0 saturated carbocycles. The second-order valence-electron chi connectivity index (χ2n) is 4.38. The van der Waals surface area contributed by atoms with Crippen molar-refractivity contribution in [3.63, 3.8) is 0 Å². The number of hydrazine groups is 1. The van der Waals surface area contributed by atoms with Gasteiger partial charge in [0.15, 0.2) is 0 Å². The van der Waals surface area contributed by atoms with Crippen molar-refractivity contribution in [3.8, 4) is 0 Å². The predicted molar refractivity (Wildman–Crippen MR) is 80.2 cm³/mol. The number of hydrogen-bond donors (Lipinski definition) is 3. The molecule has 0 amide bonds. The number of rotatable bonds is 6. The maximum absolute atomic E-state index is 5.50. The highest BCUT2D eigenvalue weighted by molar-refractivity contribution is 7.08. The van der Waals surface area contributed by atoms with Crippen LogP contribution >= 0.6 is 11.3 Å². The molecule has 0 radical (unpaired) electrons. The van der Waals surface area contributed by atoms with Gasteiger partial charge in [-0.2, -0.15) is 11.3 Å². The average Bonchev–Trinajstić information content (AvgIpc) is 2.83. The lowest BCUT2D eigenvalue weighted by molar-refractivity contribution is 0.896. The van der Waals surface area contributed by atoms with E-state index in [4.69, 9.17) is 5.84 Å². The summed E-state index contributed by atoms with van der Waals surface area (Å²) in [6.45, 7) is 5.01. The number of nitrogens with two attached hydrogens (primary N) is 1. The van der Waals surface area contributed by atoms with E-state index in [0.717, 1.165) is 30.8 Å². The number of aryl methyl sites for hydroxylation is 1. The first-order chi connectivity index (χ1) is 9.26. The molecule has 0 aliphatic rings. The molecule has 19 heavy (non-hydrogen) atoms. The van der Waals surface area contributed by atoms with Crippen molar-refractivity contribution in [2.24, 2.45) is 5.84 Å². The van der Waals surface area contributed by atoms with Crippen LogP contribution in [0.2, 0.25) is 0 Å². The number of anilines is 2. The largest absolute Gasteiger partial charge is 0.366 e. The van der Waals surface area contributed by atoms with Crippen LogP contribution in [0.3, 0.4) is 0 Å². The zero-order valence-electron chi connectivity index (χ0n) is 11.2. The Morgan fingerprint density at radius 1 is 1.26 bits per heavy atom. The van der Waals surface area contributed by atoms with E-state index in [2.05, 4.69) is 45.3 Å². The normalized spacial score (nSPS) is 10.5. The lowest BCUT2D eigenvalue weighted by Crippen LogP contribution is -2.14. The van der Waals surface area contributed by atoms with Gasteiger partial charge in [0.25, 0.3) is 0 Å². The van der Waals surface area contributed by atoms with Crippen LogP contribution in [0.15, 0.2) is 17.1 Å². The third-order valence-electron chi connectivity index (χ3n) is 2.99. The zero-order chi connectivity index (χ0) is 13.7. The lowest BCUT2D eigenvalue weighted by Gasteiger charge is -2.13. The summed E-state index contributed by atoms with van der Waals surface area (Å²) in [6.07, 6.45) is 3.44. The van der Waals surface area contributed by atoms with E-state index in [0.29, 0.717) is 5.82 Å². The summed E-state index contributed by atoms with van der Waals surface area (Å²) in [5, 5.41) is 7.68. The Bertz CT molecular complexity index is 538. The van der Waals surface area contributed by atoms with Crippen LogP contribution in [0.25, 0.3) is 0 Å². The van der Waals surface area contributed by atoms with Gasteiger partial charge in [-0.1, -0.05) is 13.3 Å². The number of nitrogens with one attached hydrogen (secondary N) is 2. The highest BCUT2D eigenvalue weighted by atomic mass is 32.1. The first-order valence-corrected chi connectivity index (χ1v) is 7.26. The molecule has 0 unspecified atom stereocenters. The fourth-order valence-electron chi connectivity index (χ4n) is 1.92. The number of nitrogens with zero attached hydrogens (tertiary/aromatic N) is 2. The molecular weight excluding hydrogens is 258 g/mol. The number of aromatic nitrogens is 2. The molecule has 0 fully saturated rings. The van der Waals surface area contributed by atoms with E-state index in [1.165, 1.54) is 17.5 Å². The molecule has 0 atom stereocenters. The third kappa shape index (κ3) is 3.21. The van der Waals surface area contributed by atoms with E-state index >= 15 is 0 Å². The second-order valence-corrected chi connectivity index (χ2v) is 5.12. The Hall–Kier alpha value is -1.66. The van der Waals surface area contributed by atoms with Crippen LogP contribution in [0.4, 0.5) is 11.6 Å². The van der Waals surface area contributed by atoms with Gasteiger partial charge in [0.2, 0.25) is 0 Å². The molecule has 0 saturated heterocycles. The molecule has 2 rings (SSSR count). The minimum absolute atomic E-state index is 0.696. The van der Waals surface area contributed by atoms with Gasteiger partial charge in [0.1, 0.15) is 18.0 Å². The molecule has 0 bridgehead atoms. The number of nitrogen functional groups attached to an aromatic ring is 1. The van der Waals surface area contributed by atoms with Crippen LogP contribution in [-0.4, -0.2) is 9.97 Å². The molecule has 6 heteroatoms. The highest BCUT2D eigenvalue weighted by Gasteiger charge is 2.10. The summed E-state index contributed by atoms with van der Waals surface area (Å²) in [7, 11) is 0. The summed E-state index contributed by atoms with van der Waals surface area (Å²) in [6, 6.07) is 0. The van der Waals surface area contributed by atoms with E-state index in [1.807, 2.05) is 0 Å². The van der Waals surface area contributed by atoms with Crippen LogP contribution < -0.4 is 16.6 Å². The van der Waals surface area contributed by atoms with Crippen molar-refractivity contribution < 1.29 is 0 Å². The molecule has 5 nitrogen and oxygen atoms in total. The number of thiophene rings is 1. The minimum atomic E-state index is 0.696. The smallest absolute Gasteiger partial charge is 0.148 e. The van der Waals surface area contributed by atoms with Gasteiger partial charge in [-0.05, 0) is 35.2 Å². The van der Waals surface area contributed by atoms with Gasteiger partial charge in [-0.3, -0.25) is 0 Å². The van der Waals surface area contributed by atoms with Crippen molar-refractivity contribution >= 4 is 23.0 Å². The first-order valence-electron chi connectivity index (χ1n) is 6.32. The molecule has 2 heterocycles. The molecule has 2 aromatic heterocycles. The molecule has 102 valence electrons. The second kappa shape index (κ2) is 6.49. The molecule has 2 aromatic rings. The van der Waals surface area contributed by atoms with Gasteiger partial charge in [-0.25, -0.2) is 15.8 Å².